The number of carbonyl (C=O) groups is 2. The number of nitrogens with zero attached hydrogens (tertiary/aromatic N) is 2. The first kappa shape index (κ1) is 31.4. The van der Waals surface area contributed by atoms with Gasteiger partial charge in [-0.15, -0.1) is 0 Å². The van der Waals surface area contributed by atoms with Crippen molar-refractivity contribution in [2.45, 2.75) is 50.7 Å². The van der Waals surface area contributed by atoms with Crippen LogP contribution in [0.15, 0.2) is 77.7 Å². The van der Waals surface area contributed by atoms with Crippen molar-refractivity contribution in [2.24, 2.45) is 0 Å². The number of rotatable bonds is 13. The molecule has 3 rings (SSSR count). The number of hydrogen-bond acceptors (Lipinski definition) is 6. The number of halogens is 1. The number of sulfonamides is 1. The minimum atomic E-state index is -4.37. The average Bonchev–Trinajstić information content (AvgIpc) is 2.98. The first-order valence-electron chi connectivity index (χ1n) is 13.2. The Hall–Kier alpha value is -4.12. The number of benzene rings is 3. The lowest BCUT2D eigenvalue weighted by molar-refractivity contribution is -0.139. The maximum atomic E-state index is 14.0. The Morgan fingerprint density at radius 3 is 2.15 bits per heavy atom. The maximum absolute atomic E-state index is 14.0. The van der Waals surface area contributed by atoms with Crippen LogP contribution in [0, 0.1) is 5.82 Å². The van der Waals surface area contributed by atoms with Crippen LogP contribution < -0.4 is 19.1 Å². The van der Waals surface area contributed by atoms with Gasteiger partial charge in [0.15, 0.2) is 11.5 Å². The molecule has 220 valence electrons. The molecule has 0 aromatic heterocycles. The van der Waals surface area contributed by atoms with Crippen molar-refractivity contribution in [3.8, 4) is 11.5 Å². The summed E-state index contributed by atoms with van der Waals surface area (Å²) >= 11 is 0. The van der Waals surface area contributed by atoms with E-state index in [-0.39, 0.29) is 34.8 Å². The van der Waals surface area contributed by atoms with E-state index in [2.05, 4.69) is 5.32 Å². The number of nitrogens with one attached hydrogen (secondary N) is 1. The molecule has 1 N–H and O–H groups in total. The van der Waals surface area contributed by atoms with Gasteiger partial charge in [-0.3, -0.25) is 13.9 Å². The molecule has 3 aromatic carbocycles. The Kier molecular flexibility index (Phi) is 10.7. The highest BCUT2D eigenvalue weighted by Gasteiger charge is 2.33. The van der Waals surface area contributed by atoms with Crippen LogP contribution in [0.3, 0.4) is 0 Å². The van der Waals surface area contributed by atoms with Crippen LogP contribution in [0.25, 0.3) is 0 Å². The number of hydrogen-bond donors (Lipinski definition) is 1. The van der Waals surface area contributed by atoms with Gasteiger partial charge in [-0.1, -0.05) is 37.3 Å². The summed E-state index contributed by atoms with van der Waals surface area (Å²) in [4.78, 5) is 28.2. The molecule has 0 aliphatic rings. The molecule has 0 heterocycles. The van der Waals surface area contributed by atoms with Gasteiger partial charge in [0, 0.05) is 18.7 Å². The van der Waals surface area contributed by atoms with E-state index in [0.29, 0.717) is 12.2 Å². The van der Waals surface area contributed by atoms with E-state index in [4.69, 9.17) is 9.47 Å². The summed E-state index contributed by atoms with van der Waals surface area (Å²) in [7, 11) is -1.56. The summed E-state index contributed by atoms with van der Waals surface area (Å²) in [5.41, 5.74) is 0.839. The molecule has 0 spiro atoms. The van der Waals surface area contributed by atoms with Crippen LogP contribution >= 0.6 is 0 Å². The monoisotopic (exact) mass is 585 g/mol. The summed E-state index contributed by atoms with van der Waals surface area (Å²) < 4.78 is 53.1. The van der Waals surface area contributed by atoms with Gasteiger partial charge in [-0.25, -0.2) is 12.8 Å². The Balaban J connectivity index is 2.05. The molecule has 9 nitrogen and oxygen atoms in total. The molecule has 0 bridgehead atoms. The molecule has 0 saturated carbocycles. The van der Waals surface area contributed by atoms with Crippen LogP contribution in [-0.2, 0) is 26.2 Å². The zero-order valence-electron chi connectivity index (χ0n) is 23.8. The van der Waals surface area contributed by atoms with Crippen molar-refractivity contribution in [3.05, 3.63) is 84.2 Å². The summed E-state index contributed by atoms with van der Waals surface area (Å²) in [6, 6.07) is 16.9. The van der Waals surface area contributed by atoms with Gasteiger partial charge in [0.1, 0.15) is 18.4 Å². The third kappa shape index (κ3) is 7.75. The standard InChI is InChI=1S/C30H36FN3O6S/c1-6-21(2)32-30(36)22(3)33(19-23-10-8-7-9-11-23)29(35)20-34(25-14-12-24(31)13-15-25)41(37,38)26-16-17-27(39-4)28(18-26)40-5/h7-18,21-22H,6,19-20H2,1-5H3,(H,32,36)/t21-,22-/m0/s1. The van der Waals surface area contributed by atoms with Crippen LogP contribution in [0.1, 0.15) is 32.8 Å². The topological polar surface area (TPSA) is 105 Å². The summed E-state index contributed by atoms with van der Waals surface area (Å²) in [5, 5.41) is 2.89. The van der Waals surface area contributed by atoms with E-state index in [9.17, 15) is 22.4 Å². The molecule has 0 radical (unpaired) electrons. The fraction of sp³-hybridized carbons (Fsp3) is 0.333. The lowest BCUT2D eigenvalue weighted by atomic mass is 10.1. The third-order valence-corrected chi connectivity index (χ3v) is 8.47. The first-order chi connectivity index (χ1) is 19.5. The fourth-order valence-corrected chi connectivity index (χ4v) is 5.50. The number of anilines is 1. The van der Waals surface area contributed by atoms with Crippen molar-refractivity contribution < 1.29 is 31.9 Å². The Bertz CT molecular complexity index is 1430. The van der Waals surface area contributed by atoms with E-state index < -0.39 is 34.3 Å². The van der Waals surface area contributed by atoms with E-state index >= 15 is 0 Å². The van der Waals surface area contributed by atoms with Crippen LogP contribution in [-0.4, -0.2) is 58.0 Å². The average molecular weight is 586 g/mol. The molecule has 0 unspecified atom stereocenters. The molecule has 0 aliphatic carbocycles. The van der Waals surface area contributed by atoms with Gasteiger partial charge in [0.25, 0.3) is 10.0 Å². The van der Waals surface area contributed by atoms with Crippen molar-refractivity contribution in [3.63, 3.8) is 0 Å². The number of methoxy groups -OCH3 is 2. The quantitative estimate of drug-likeness (QED) is 0.320. The van der Waals surface area contributed by atoms with E-state index in [1.54, 1.807) is 6.92 Å². The van der Waals surface area contributed by atoms with Crippen LogP contribution in [0.4, 0.5) is 10.1 Å². The van der Waals surface area contributed by atoms with Crippen molar-refractivity contribution in [1.82, 2.24) is 10.2 Å². The molecular weight excluding hydrogens is 549 g/mol. The Labute approximate surface area is 240 Å². The third-order valence-electron chi connectivity index (χ3n) is 6.70. The highest BCUT2D eigenvalue weighted by atomic mass is 32.2. The van der Waals surface area contributed by atoms with Crippen molar-refractivity contribution in [2.75, 3.05) is 25.1 Å². The van der Waals surface area contributed by atoms with Gasteiger partial charge >= 0.3 is 0 Å². The van der Waals surface area contributed by atoms with E-state index in [1.807, 2.05) is 44.2 Å². The fourth-order valence-electron chi connectivity index (χ4n) is 4.07. The molecule has 0 fully saturated rings. The normalized spacial score (nSPS) is 12.6. The summed E-state index contributed by atoms with van der Waals surface area (Å²) in [6.07, 6.45) is 0.701. The van der Waals surface area contributed by atoms with Crippen LogP contribution in [0.2, 0.25) is 0 Å². The molecule has 2 atom stereocenters. The predicted octanol–water partition coefficient (Wildman–Crippen LogP) is 4.37. The number of amides is 2. The zero-order chi connectivity index (χ0) is 30.2. The van der Waals surface area contributed by atoms with E-state index in [1.165, 1.54) is 49.5 Å². The Morgan fingerprint density at radius 1 is 0.927 bits per heavy atom. The second-order valence-corrected chi connectivity index (χ2v) is 11.4. The molecule has 0 aliphatic heterocycles. The minimum Gasteiger partial charge on any atom is -0.493 e. The van der Waals surface area contributed by atoms with Gasteiger partial charge < -0.3 is 19.7 Å². The maximum Gasteiger partial charge on any atom is 0.264 e. The predicted molar refractivity (Wildman–Crippen MR) is 155 cm³/mol. The van der Waals surface area contributed by atoms with Gasteiger partial charge in [0.05, 0.1) is 24.8 Å². The molecular formula is C30H36FN3O6S. The molecule has 3 aromatic rings. The smallest absolute Gasteiger partial charge is 0.264 e. The minimum absolute atomic E-state index is 0.0719. The molecule has 2 amide bonds. The van der Waals surface area contributed by atoms with Crippen molar-refractivity contribution >= 4 is 27.5 Å². The molecule has 41 heavy (non-hydrogen) atoms. The second-order valence-electron chi connectivity index (χ2n) is 9.51. The highest BCUT2D eigenvalue weighted by molar-refractivity contribution is 7.92. The Morgan fingerprint density at radius 2 is 1.56 bits per heavy atom. The lowest BCUT2D eigenvalue weighted by Crippen LogP contribution is -2.52. The zero-order valence-corrected chi connectivity index (χ0v) is 24.7. The van der Waals surface area contributed by atoms with Crippen LogP contribution in [0.5, 0.6) is 11.5 Å². The molecule has 0 saturated heterocycles. The van der Waals surface area contributed by atoms with E-state index in [0.717, 1.165) is 22.0 Å². The van der Waals surface area contributed by atoms with Gasteiger partial charge in [0.2, 0.25) is 11.8 Å². The second kappa shape index (κ2) is 14.0. The summed E-state index contributed by atoms with van der Waals surface area (Å²) in [5.74, 6) is -1.04. The summed E-state index contributed by atoms with van der Waals surface area (Å²) in [6.45, 7) is 4.82. The van der Waals surface area contributed by atoms with Gasteiger partial charge in [-0.05, 0) is 62.2 Å². The lowest BCUT2D eigenvalue weighted by Gasteiger charge is -2.32. The van der Waals surface area contributed by atoms with Crippen molar-refractivity contribution in [1.29, 1.82) is 0 Å². The van der Waals surface area contributed by atoms with Gasteiger partial charge in [-0.2, -0.15) is 0 Å². The number of ether oxygens (including phenoxy) is 2. The largest absolute Gasteiger partial charge is 0.493 e. The SMILES string of the molecule is CC[C@H](C)NC(=O)[C@H](C)N(Cc1ccccc1)C(=O)CN(c1ccc(F)cc1)S(=O)(=O)c1ccc(OC)c(OC)c1. The highest BCUT2D eigenvalue weighted by Crippen LogP contribution is 2.32. The first-order valence-corrected chi connectivity index (χ1v) is 14.6. The molecule has 11 heteroatoms. The number of carbonyl (C=O) groups excluding carboxylic acids is 2.